The first-order valence-corrected chi connectivity index (χ1v) is 8.67. The Morgan fingerprint density at radius 3 is 2.36 bits per heavy atom. The zero-order chi connectivity index (χ0) is 17.2. The van der Waals surface area contributed by atoms with E-state index in [1.54, 1.807) is 20.8 Å². The van der Waals surface area contributed by atoms with E-state index in [0.717, 1.165) is 0 Å². The van der Waals surface area contributed by atoms with E-state index in [1.165, 1.54) is 12.3 Å². The molecule has 0 radical (unpaired) electrons. The fourth-order valence-electron chi connectivity index (χ4n) is 1.64. The van der Waals surface area contributed by atoms with Crippen molar-refractivity contribution in [2.24, 2.45) is 0 Å². The summed E-state index contributed by atoms with van der Waals surface area (Å²) in [5, 5.41) is 12.1. The number of nitriles is 1. The van der Waals surface area contributed by atoms with Crippen molar-refractivity contribution in [3.63, 3.8) is 0 Å². The van der Waals surface area contributed by atoms with Crippen LogP contribution in [-0.4, -0.2) is 30.3 Å². The average Bonchev–Trinajstić information content (AvgIpc) is 2.38. The Morgan fingerprint density at radius 2 is 1.91 bits per heavy atom. The van der Waals surface area contributed by atoms with E-state index < -0.39 is 15.4 Å². The number of aromatic nitrogens is 1. The molecule has 0 fully saturated rings. The molecule has 1 heterocycles. The number of ether oxygens (including phenoxy) is 1. The number of rotatable bonds is 5. The van der Waals surface area contributed by atoms with Crippen molar-refractivity contribution in [2.45, 2.75) is 57.6 Å². The molecule has 122 valence electrons. The van der Waals surface area contributed by atoms with Gasteiger partial charge in [0.25, 0.3) is 0 Å². The fourth-order valence-corrected chi connectivity index (χ4v) is 2.65. The summed E-state index contributed by atoms with van der Waals surface area (Å²) in [6, 6.07) is 3.42. The van der Waals surface area contributed by atoms with E-state index in [4.69, 9.17) is 10.00 Å². The van der Waals surface area contributed by atoms with Gasteiger partial charge in [-0.1, -0.05) is 6.92 Å². The van der Waals surface area contributed by atoms with Crippen LogP contribution in [0.2, 0.25) is 0 Å². The molecule has 0 aliphatic heterocycles. The molecule has 0 saturated carbocycles. The van der Waals surface area contributed by atoms with E-state index in [-0.39, 0.29) is 27.8 Å². The summed E-state index contributed by atoms with van der Waals surface area (Å²) in [6.45, 7) is 10.5. The van der Waals surface area contributed by atoms with Crippen LogP contribution in [0.4, 0.5) is 5.82 Å². The zero-order valence-corrected chi connectivity index (χ0v) is 14.7. The summed E-state index contributed by atoms with van der Waals surface area (Å²) >= 11 is 0. The molecule has 0 aliphatic rings. The van der Waals surface area contributed by atoms with E-state index >= 15 is 0 Å². The predicted octanol–water partition coefficient (Wildman–Crippen LogP) is 2.77. The number of sulfone groups is 1. The molecule has 22 heavy (non-hydrogen) atoms. The van der Waals surface area contributed by atoms with Crippen LogP contribution in [0.25, 0.3) is 0 Å². The van der Waals surface area contributed by atoms with Gasteiger partial charge >= 0.3 is 0 Å². The second kappa shape index (κ2) is 6.13. The van der Waals surface area contributed by atoms with Crippen LogP contribution in [-0.2, 0) is 9.84 Å². The average molecular weight is 325 g/mol. The number of hydrogen-bond donors (Lipinski definition) is 1. The molecular weight excluding hydrogens is 302 g/mol. The first-order valence-electron chi connectivity index (χ1n) is 7.01. The van der Waals surface area contributed by atoms with Gasteiger partial charge < -0.3 is 10.1 Å². The van der Waals surface area contributed by atoms with Crippen molar-refractivity contribution in [3.05, 3.63) is 12.3 Å². The summed E-state index contributed by atoms with van der Waals surface area (Å²) in [5.74, 6) is 0.494. The highest BCUT2D eigenvalue weighted by Crippen LogP contribution is 2.28. The number of nitrogens with zero attached hydrogens (tertiary/aromatic N) is 2. The highest BCUT2D eigenvalue weighted by molar-refractivity contribution is 7.91. The molecule has 1 N–H and O–H groups in total. The third-order valence-electron chi connectivity index (χ3n) is 2.68. The monoisotopic (exact) mass is 325 g/mol. The van der Waals surface area contributed by atoms with Gasteiger partial charge in [-0.05, 0) is 34.6 Å². The van der Waals surface area contributed by atoms with E-state index in [0.29, 0.717) is 0 Å². The molecule has 0 bridgehead atoms. The van der Waals surface area contributed by atoms with Crippen LogP contribution in [0, 0.1) is 11.3 Å². The molecule has 1 aromatic heterocycles. The molecule has 1 aromatic rings. The lowest BCUT2D eigenvalue weighted by Crippen LogP contribution is -2.29. The number of nitrogens with one attached hydrogen (secondary N) is 1. The summed E-state index contributed by atoms with van der Waals surface area (Å²) in [4.78, 5) is 4.25. The molecular formula is C15H23N3O3S. The van der Waals surface area contributed by atoms with Crippen molar-refractivity contribution in [3.8, 4) is 11.8 Å². The lowest BCUT2D eigenvalue weighted by molar-refractivity contribution is 0.169. The second-order valence-electron chi connectivity index (χ2n) is 6.52. The van der Waals surface area contributed by atoms with Crippen molar-refractivity contribution in [2.75, 3.05) is 11.1 Å². The van der Waals surface area contributed by atoms with Gasteiger partial charge in [-0.3, -0.25) is 0 Å². The summed E-state index contributed by atoms with van der Waals surface area (Å²) < 4.78 is 30.1. The van der Waals surface area contributed by atoms with Gasteiger partial charge in [0.15, 0.2) is 15.4 Å². The highest BCUT2D eigenvalue weighted by atomic mass is 32.2. The number of anilines is 1. The van der Waals surface area contributed by atoms with Crippen LogP contribution >= 0.6 is 0 Å². The molecule has 0 aromatic carbocycles. The van der Waals surface area contributed by atoms with Gasteiger partial charge in [-0.2, -0.15) is 5.26 Å². The summed E-state index contributed by atoms with van der Waals surface area (Å²) in [6.07, 6.45) is 1.42. The van der Waals surface area contributed by atoms with E-state index in [1.807, 2.05) is 26.8 Å². The van der Waals surface area contributed by atoms with Crippen LogP contribution < -0.4 is 10.1 Å². The van der Waals surface area contributed by atoms with Gasteiger partial charge in [0.05, 0.1) is 11.9 Å². The van der Waals surface area contributed by atoms with Gasteiger partial charge in [-0.25, -0.2) is 13.4 Å². The number of pyridine rings is 1. The van der Waals surface area contributed by atoms with Crippen molar-refractivity contribution in [1.82, 2.24) is 4.98 Å². The van der Waals surface area contributed by atoms with Gasteiger partial charge in [0, 0.05) is 11.6 Å². The van der Waals surface area contributed by atoms with E-state index in [2.05, 4.69) is 10.3 Å². The lowest BCUT2D eigenvalue weighted by atomic mass is 10.1. The minimum atomic E-state index is -3.47. The molecule has 0 unspecified atom stereocenters. The standard InChI is InChI=1S/C15H23N3O3S/c1-7-22(19,20)12-8-11(21-15(5,6)10-16)9-17-13(12)18-14(2,3)4/h8-9H,7H2,1-6H3,(H,17,18). The largest absolute Gasteiger partial charge is 0.471 e. The Morgan fingerprint density at radius 1 is 1.32 bits per heavy atom. The van der Waals surface area contributed by atoms with E-state index in [9.17, 15) is 8.42 Å². The van der Waals surface area contributed by atoms with Crippen LogP contribution in [0.1, 0.15) is 41.5 Å². The first-order chi connectivity index (χ1) is 9.90. The molecule has 0 aliphatic carbocycles. The van der Waals surface area contributed by atoms with Crippen molar-refractivity contribution >= 4 is 15.7 Å². The maximum atomic E-state index is 12.3. The fraction of sp³-hybridized carbons (Fsp3) is 0.600. The van der Waals surface area contributed by atoms with Crippen LogP contribution in [0.3, 0.4) is 0 Å². The second-order valence-corrected chi connectivity index (χ2v) is 8.77. The number of hydrogen-bond acceptors (Lipinski definition) is 6. The topological polar surface area (TPSA) is 92.1 Å². The predicted molar refractivity (Wildman–Crippen MR) is 85.7 cm³/mol. The first kappa shape index (κ1) is 18.2. The lowest BCUT2D eigenvalue weighted by Gasteiger charge is -2.24. The SMILES string of the molecule is CCS(=O)(=O)c1cc(OC(C)(C)C#N)cnc1NC(C)(C)C. The molecule has 0 spiro atoms. The smallest absolute Gasteiger partial charge is 0.188 e. The highest BCUT2D eigenvalue weighted by Gasteiger charge is 2.24. The molecule has 0 atom stereocenters. The van der Waals surface area contributed by atoms with Gasteiger partial charge in [-0.15, -0.1) is 0 Å². The Hall–Kier alpha value is -1.81. The zero-order valence-electron chi connectivity index (χ0n) is 13.9. The van der Waals surface area contributed by atoms with Gasteiger partial charge in [0.2, 0.25) is 0 Å². The Labute approximate surface area is 132 Å². The molecule has 1 rings (SSSR count). The summed E-state index contributed by atoms with van der Waals surface area (Å²) in [7, 11) is -3.47. The quantitative estimate of drug-likeness (QED) is 0.895. The van der Waals surface area contributed by atoms with Crippen molar-refractivity contribution < 1.29 is 13.2 Å². The van der Waals surface area contributed by atoms with Crippen molar-refractivity contribution in [1.29, 1.82) is 5.26 Å². The summed E-state index contributed by atoms with van der Waals surface area (Å²) in [5.41, 5.74) is -1.40. The van der Waals surface area contributed by atoms with Gasteiger partial charge in [0.1, 0.15) is 22.5 Å². The van der Waals surface area contributed by atoms with Crippen LogP contribution in [0.15, 0.2) is 17.2 Å². The maximum Gasteiger partial charge on any atom is 0.188 e. The Balaban J connectivity index is 3.36. The third kappa shape index (κ3) is 4.88. The minimum absolute atomic E-state index is 0.0431. The Kier molecular flexibility index (Phi) is 5.08. The maximum absolute atomic E-state index is 12.3. The molecule has 0 saturated heterocycles. The molecule has 6 nitrogen and oxygen atoms in total. The third-order valence-corrected chi connectivity index (χ3v) is 4.42. The normalized spacial score (nSPS) is 12.6. The van der Waals surface area contributed by atoms with Crippen LogP contribution in [0.5, 0.6) is 5.75 Å². The Bertz CT molecular complexity index is 683. The molecule has 0 amide bonds. The molecule has 7 heteroatoms. The minimum Gasteiger partial charge on any atom is -0.471 e.